The quantitative estimate of drug-likeness (QED) is 0.633. The van der Waals surface area contributed by atoms with Gasteiger partial charge >= 0.3 is 0 Å². The number of fused-ring (bicyclic) bond motifs is 3. The van der Waals surface area contributed by atoms with Crippen LogP contribution in [0.15, 0.2) is 16.7 Å². The molecule has 3 rings (SSSR count). The van der Waals surface area contributed by atoms with Gasteiger partial charge in [-0.15, -0.1) is 0 Å². The van der Waals surface area contributed by atoms with Gasteiger partial charge in [-0.25, -0.2) is 0 Å². The van der Waals surface area contributed by atoms with Crippen LogP contribution in [-0.4, -0.2) is 9.78 Å². The van der Waals surface area contributed by atoms with Gasteiger partial charge in [0.05, 0.1) is 5.69 Å². The SMILES string of the molecule is Cc1cc2c(o1)CCc1cn(C)nc1-2. The lowest BCUT2D eigenvalue weighted by Gasteiger charge is -2.07. The molecule has 3 heteroatoms. The Hall–Kier alpha value is -1.51. The van der Waals surface area contributed by atoms with Gasteiger partial charge in [-0.1, -0.05) is 0 Å². The molecule has 0 aromatic carbocycles. The summed E-state index contributed by atoms with van der Waals surface area (Å²) in [6.07, 6.45) is 4.14. The lowest BCUT2D eigenvalue weighted by Crippen LogP contribution is -1.99. The summed E-state index contributed by atoms with van der Waals surface area (Å²) in [4.78, 5) is 0. The van der Waals surface area contributed by atoms with E-state index in [1.165, 1.54) is 11.1 Å². The van der Waals surface area contributed by atoms with E-state index in [0.29, 0.717) is 0 Å². The molecule has 0 unspecified atom stereocenters. The molecule has 0 spiro atoms. The van der Waals surface area contributed by atoms with E-state index in [9.17, 15) is 0 Å². The highest BCUT2D eigenvalue weighted by Gasteiger charge is 2.22. The third-order valence-corrected chi connectivity index (χ3v) is 2.71. The molecule has 72 valence electrons. The number of rotatable bonds is 0. The van der Waals surface area contributed by atoms with Crippen LogP contribution in [0.1, 0.15) is 17.1 Å². The summed E-state index contributed by atoms with van der Waals surface area (Å²) in [5.74, 6) is 2.07. The molecule has 0 fully saturated rings. The number of aromatic nitrogens is 2. The van der Waals surface area contributed by atoms with Gasteiger partial charge in [0, 0.05) is 25.2 Å². The van der Waals surface area contributed by atoms with Crippen molar-refractivity contribution in [3.63, 3.8) is 0 Å². The maximum absolute atomic E-state index is 5.62. The number of aryl methyl sites for hydroxylation is 4. The lowest BCUT2D eigenvalue weighted by molar-refractivity contribution is 0.481. The van der Waals surface area contributed by atoms with Crippen LogP contribution in [0.5, 0.6) is 0 Å². The summed E-state index contributed by atoms with van der Waals surface area (Å²) >= 11 is 0. The minimum absolute atomic E-state index is 0.980. The fourth-order valence-corrected chi connectivity index (χ4v) is 2.14. The second-order valence-corrected chi connectivity index (χ2v) is 3.87. The van der Waals surface area contributed by atoms with Gasteiger partial charge in [0.25, 0.3) is 0 Å². The minimum atomic E-state index is 0.980. The van der Waals surface area contributed by atoms with Gasteiger partial charge in [0.2, 0.25) is 0 Å². The number of hydrogen-bond donors (Lipinski definition) is 0. The molecule has 2 aromatic heterocycles. The standard InChI is InChI=1S/C11H12N2O/c1-7-5-9-10(14-7)4-3-8-6-13(2)12-11(8)9/h5-6H,3-4H2,1-2H3. The van der Waals surface area contributed by atoms with E-state index in [-0.39, 0.29) is 0 Å². The van der Waals surface area contributed by atoms with Crippen LogP contribution in [0.25, 0.3) is 11.3 Å². The first-order valence-corrected chi connectivity index (χ1v) is 4.86. The minimum Gasteiger partial charge on any atom is -0.466 e. The average Bonchev–Trinajstić information content (AvgIpc) is 2.65. The maximum Gasteiger partial charge on any atom is 0.113 e. The molecule has 0 saturated heterocycles. The predicted molar refractivity (Wildman–Crippen MR) is 53.1 cm³/mol. The van der Waals surface area contributed by atoms with Crippen molar-refractivity contribution in [2.45, 2.75) is 19.8 Å². The Bertz CT molecular complexity index is 447. The molecule has 0 bridgehead atoms. The van der Waals surface area contributed by atoms with Crippen LogP contribution in [0.2, 0.25) is 0 Å². The smallest absolute Gasteiger partial charge is 0.113 e. The molecule has 0 radical (unpaired) electrons. The molecular weight excluding hydrogens is 176 g/mol. The Morgan fingerprint density at radius 2 is 2.29 bits per heavy atom. The molecule has 1 aliphatic rings. The van der Waals surface area contributed by atoms with Gasteiger partial charge in [-0.2, -0.15) is 5.10 Å². The van der Waals surface area contributed by atoms with E-state index in [1.54, 1.807) is 0 Å². The van der Waals surface area contributed by atoms with Crippen molar-refractivity contribution in [2.24, 2.45) is 7.05 Å². The van der Waals surface area contributed by atoms with Crippen LogP contribution in [0, 0.1) is 6.92 Å². The summed E-state index contributed by atoms with van der Waals surface area (Å²) in [6.45, 7) is 1.99. The highest BCUT2D eigenvalue weighted by atomic mass is 16.3. The van der Waals surface area contributed by atoms with E-state index in [1.807, 2.05) is 18.7 Å². The largest absolute Gasteiger partial charge is 0.466 e. The average molecular weight is 188 g/mol. The second kappa shape index (κ2) is 2.50. The van der Waals surface area contributed by atoms with Crippen LogP contribution < -0.4 is 0 Å². The van der Waals surface area contributed by atoms with Crippen molar-refractivity contribution in [3.05, 3.63) is 29.3 Å². The summed E-state index contributed by atoms with van der Waals surface area (Å²) in [6, 6.07) is 2.08. The van der Waals surface area contributed by atoms with E-state index in [2.05, 4.69) is 17.4 Å². The summed E-state index contributed by atoms with van der Waals surface area (Å²) < 4.78 is 7.50. The molecule has 0 atom stereocenters. The molecule has 0 N–H and O–H groups in total. The highest BCUT2D eigenvalue weighted by molar-refractivity contribution is 5.67. The maximum atomic E-state index is 5.62. The van der Waals surface area contributed by atoms with E-state index in [0.717, 1.165) is 30.1 Å². The molecule has 0 saturated carbocycles. The summed E-state index contributed by atoms with van der Waals surface area (Å²) in [5.41, 5.74) is 3.62. The van der Waals surface area contributed by atoms with E-state index >= 15 is 0 Å². The Labute approximate surface area is 82.3 Å². The molecule has 2 heterocycles. The Morgan fingerprint density at radius 3 is 3.14 bits per heavy atom. The number of furan rings is 1. The molecule has 3 nitrogen and oxygen atoms in total. The van der Waals surface area contributed by atoms with Crippen molar-refractivity contribution < 1.29 is 4.42 Å². The fourth-order valence-electron chi connectivity index (χ4n) is 2.14. The van der Waals surface area contributed by atoms with Crippen molar-refractivity contribution in [1.82, 2.24) is 9.78 Å². The van der Waals surface area contributed by atoms with Gasteiger partial charge in [-0.3, -0.25) is 4.68 Å². The van der Waals surface area contributed by atoms with Gasteiger partial charge in [-0.05, 0) is 25.0 Å². The molecule has 0 amide bonds. The van der Waals surface area contributed by atoms with Crippen LogP contribution in [-0.2, 0) is 19.9 Å². The fraction of sp³-hybridized carbons (Fsp3) is 0.364. The first kappa shape index (κ1) is 7.85. The Kier molecular flexibility index (Phi) is 1.40. The van der Waals surface area contributed by atoms with Gasteiger partial charge < -0.3 is 4.42 Å². The van der Waals surface area contributed by atoms with Gasteiger partial charge in [0.1, 0.15) is 11.5 Å². The van der Waals surface area contributed by atoms with Crippen molar-refractivity contribution in [1.29, 1.82) is 0 Å². The van der Waals surface area contributed by atoms with E-state index in [4.69, 9.17) is 4.42 Å². The Balaban J connectivity index is 2.27. The van der Waals surface area contributed by atoms with Crippen LogP contribution in [0.4, 0.5) is 0 Å². The highest BCUT2D eigenvalue weighted by Crippen LogP contribution is 2.34. The zero-order valence-corrected chi connectivity index (χ0v) is 8.37. The third-order valence-electron chi connectivity index (χ3n) is 2.71. The molecule has 2 aromatic rings. The lowest BCUT2D eigenvalue weighted by atomic mass is 9.97. The predicted octanol–water partition coefficient (Wildman–Crippen LogP) is 2.09. The van der Waals surface area contributed by atoms with Crippen molar-refractivity contribution >= 4 is 0 Å². The molecule has 1 aliphatic carbocycles. The van der Waals surface area contributed by atoms with Crippen molar-refractivity contribution in [2.75, 3.05) is 0 Å². The second-order valence-electron chi connectivity index (χ2n) is 3.87. The molecular formula is C11H12N2O. The number of nitrogens with zero attached hydrogens (tertiary/aromatic N) is 2. The first-order chi connectivity index (χ1) is 6.74. The Morgan fingerprint density at radius 1 is 1.43 bits per heavy atom. The summed E-state index contributed by atoms with van der Waals surface area (Å²) in [5, 5.41) is 4.46. The third kappa shape index (κ3) is 0.953. The first-order valence-electron chi connectivity index (χ1n) is 4.86. The molecule has 14 heavy (non-hydrogen) atoms. The van der Waals surface area contributed by atoms with E-state index < -0.39 is 0 Å². The zero-order chi connectivity index (χ0) is 9.71. The normalized spacial score (nSPS) is 13.9. The number of hydrogen-bond acceptors (Lipinski definition) is 2. The van der Waals surface area contributed by atoms with Crippen LogP contribution in [0.3, 0.4) is 0 Å². The topological polar surface area (TPSA) is 31.0 Å². The monoisotopic (exact) mass is 188 g/mol. The molecule has 0 aliphatic heterocycles. The van der Waals surface area contributed by atoms with Crippen LogP contribution >= 0.6 is 0 Å². The van der Waals surface area contributed by atoms with Crippen molar-refractivity contribution in [3.8, 4) is 11.3 Å². The zero-order valence-electron chi connectivity index (χ0n) is 8.37. The summed E-state index contributed by atoms with van der Waals surface area (Å²) in [7, 11) is 1.96. The van der Waals surface area contributed by atoms with Gasteiger partial charge in [0.15, 0.2) is 0 Å².